The first-order chi connectivity index (χ1) is 14.6. The topological polar surface area (TPSA) is 66.0 Å². The van der Waals surface area contributed by atoms with Crippen molar-refractivity contribution in [3.8, 4) is 35.1 Å². The Morgan fingerprint density at radius 2 is 0.900 bits per heavy atom. The molecule has 0 aliphatic rings. The summed E-state index contributed by atoms with van der Waals surface area (Å²) in [6.45, 7) is 0. The minimum absolute atomic E-state index is 0.265. The summed E-state index contributed by atoms with van der Waals surface area (Å²) >= 11 is 12.2. The summed E-state index contributed by atoms with van der Waals surface area (Å²) in [5, 5.41) is 21.0. The lowest BCUT2D eigenvalue weighted by Gasteiger charge is -2.14. The zero-order valence-corrected chi connectivity index (χ0v) is 16.9. The van der Waals surface area contributed by atoms with Gasteiger partial charge in [0.2, 0.25) is 0 Å². The van der Waals surface area contributed by atoms with E-state index in [0.29, 0.717) is 33.0 Å². The van der Waals surface area contributed by atoms with Crippen molar-refractivity contribution < 1.29 is 9.47 Å². The van der Waals surface area contributed by atoms with E-state index in [1.54, 1.807) is 48.5 Å². The molecule has 0 aliphatic heterocycles. The van der Waals surface area contributed by atoms with Gasteiger partial charge >= 0.3 is 0 Å². The maximum Gasteiger partial charge on any atom is 0.146 e. The molecule has 0 atom stereocenters. The minimum atomic E-state index is 0.265. The first-order valence-corrected chi connectivity index (χ1v) is 9.62. The standard InChI is InChI=1S/C24H12Cl2N2O2/c25-19-7-3-11-23(17(19)13-27)29-21-9-1-5-15-16(21)6-2-10-22(15)30-24-12-4-8-20(26)18(24)14-28/h1-12H. The van der Waals surface area contributed by atoms with Crippen LogP contribution in [0.1, 0.15) is 11.1 Å². The molecular weight excluding hydrogens is 419 g/mol. The number of fused-ring (bicyclic) bond motifs is 1. The third-order valence-corrected chi connectivity index (χ3v) is 5.09. The summed E-state index contributed by atoms with van der Waals surface area (Å²) in [6, 6.07) is 25.3. The Balaban J connectivity index is 1.79. The Morgan fingerprint density at radius 3 is 1.30 bits per heavy atom. The van der Waals surface area contributed by atoms with E-state index in [1.165, 1.54) is 0 Å². The van der Waals surface area contributed by atoms with Gasteiger partial charge in [0.05, 0.1) is 10.0 Å². The van der Waals surface area contributed by atoms with E-state index in [2.05, 4.69) is 12.1 Å². The van der Waals surface area contributed by atoms with Crippen LogP contribution in [0.3, 0.4) is 0 Å². The Kier molecular flexibility index (Phi) is 5.46. The van der Waals surface area contributed by atoms with E-state index < -0.39 is 0 Å². The summed E-state index contributed by atoms with van der Waals surface area (Å²) in [7, 11) is 0. The third-order valence-electron chi connectivity index (χ3n) is 4.46. The normalized spacial score (nSPS) is 10.3. The summed E-state index contributed by atoms with van der Waals surface area (Å²) in [5.41, 5.74) is 0.530. The molecule has 0 aliphatic carbocycles. The van der Waals surface area contributed by atoms with Crippen LogP contribution in [0.25, 0.3) is 10.8 Å². The van der Waals surface area contributed by atoms with Crippen molar-refractivity contribution in [3.63, 3.8) is 0 Å². The molecule has 0 saturated heterocycles. The third kappa shape index (κ3) is 3.63. The second-order valence-electron chi connectivity index (χ2n) is 6.26. The van der Waals surface area contributed by atoms with Crippen LogP contribution in [-0.4, -0.2) is 0 Å². The molecule has 0 unspecified atom stereocenters. The average Bonchev–Trinajstić information content (AvgIpc) is 2.75. The Morgan fingerprint density at radius 1 is 0.533 bits per heavy atom. The quantitative estimate of drug-likeness (QED) is 0.336. The molecule has 0 N–H and O–H groups in total. The lowest BCUT2D eigenvalue weighted by atomic mass is 10.1. The van der Waals surface area contributed by atoms with Crippen molar-refractivity contribution in [1.82, 2.24) is 0 Å². The number of halogens is 2. The largest absolute Gasteiger partial charge is 0.455 e. The van der Waals surface area contributed by atoms with Crippen LogP contribution in [0.4, 0.5) is 0 Å². The minimum Gasteiger partial charge on any atom is -0.455 e. The molecular formula is C24H12Cl2N2O2. The van der Waals surface area contributed by atoms with E-state index in [0.717, 1.165) is 10.8 Å². The lowest BCUT2D eigenvalue weighted by molar-refractivity contribution is 0.481. The van der Waals surface area contributed by atoms with E-state index in [4.69, 9.17) is 32.7 Å². The molecule has 6 heteroatoms. The first kappa shape index (κ1) is 19.6. The van der Waals surface area contributed by atoms with Crippen LogP contribution in [0, 0.1) is 22.7 Å². The number of hydrogen-bond acceptors (Lipinski definition) is 4. The number of rotatable bonds is 4. The Hall–Kier alpha value is -3.70. The monoisotopic (exact) mass is 430 g/mol. The highest BCUT2D eigenvalue weighted by Gasteiger charge is 2.14. The first-order valence-electron chi connectivity index (χ1n) is 8.87. The number of ether oxygens (including phenoxy) is 2. The van der Waals surface area contributed by atoms with Crippen molar-refractivity contribution in [2.75, 3.05) is 0 Å². The van der Waals surface area contributed by atoms with Gasteiger partial charge < -0.3 is 9.47 Å². The molecule has 0 saturated carbocycles. The number of nitriles is 2. The van der Waals surface area contributed by atoms with E-state index in [9.17, 15) is 10.5 Å². The fraction of sp³-hybridized carbons (Fsp3) is 0. The second kappa shape index (κ2) is 8.35. The van der Waals surface area contributed by atoms with Gasteiger partial charge in [0.1, 0.15) is 46.3 Å². The number of hydrogen-bond donors (Lipinski definition) is 0. The van der Waals surface area contributed by atoms with E-state index >= 15 is 0 Å². The summed E-state index contributed by atoms with van der Waals surface area (Å²) in [4.78, 5) is 0. The fourth-order valence-electron chi connectivity index (χ4n) is 3.06. The molecule has 0 heterocycles. The van der Waals surface area contributed by atoms with Crippen LogP contribution in [-0.2, 0) is 0 Å². The molecule has 4 aromatic carbocycles. The number of nitrogens with zero attached hydrogens (tertiary/aromatic N) is 2. The molecule has 0 bridgehead atoms. The molecule has 144 valence electrons. The zero-order chi connectivity index (χ0) is 21.1. The SMILES string of the molecule is N#Cc1c(Cl)cccc1Oc1cccc2c(Oc3cccc(Cl)c3C#N)cccc12. The van der Waals surface area contributed by atoms with Gasteiger partial charge in [-0.2, -0.15) is 10.5 Å². The maximum absolute atomic E-state index is 9.40. The zero-order valence-electron chi connectivity index (χ0n) is 15.4. The van der Waals surface area contributed by atoms with Gasteiger partial charge in [-0.05, 0) is 36.4 Å². The molecule has 4 nitrogen and oxygen atoms in total. The van der Waals surface area contributed by atoms with E-state index in [1.807, 2.05) is 24.3 Å². The number of benzene rings is 4. The maximum atomic E-state index is 9.40. The molecule has 30 heavy (non-hydrogen) atoms. The summed E-state index contributed by atoms with van der Waals surface area (Å²) in [5.74, 6) is 1.82. The molecule has 0 aromatic heterocycles. The van der Waals surface area contributed by atoms with E-state index in [-0.39, 0.29) is 11.1 Å². The van der Waals surface area contributed by atoms with Gasteiger partial charge in [0.15, 0.2) is 0 Å². The highest BCUT2D eigenvalue weighted by Crippen LogP contribution is 2.39. The molecule has 4 rings (SSSR count). The average molecular weight is 431 g/mol. The lowest BCUT2D eigenvalue weighted by Crippen LogP contribution is -1.93. The fourth-order valence-corrected chi connectivity index (χ4v) is 3.48. The molecule has 0 amide bonds. The van der Waals surface area contributed by atoms with Crippen molar-refractivity contribution in [2.45, 2.75) is 0 Å². The molecule has 0 radical (unpaired) electrons. The van der Waals surface area contributed by atoms with Crippen molar-refractivity contribution in [3.05, 3.63) is 94.0 Å². The van der Waals surface area contributed by atoms with Crippen molar-refractivity contribution in [2.24, 2.45) is 0 Å². The molecule has 0 spiro atoms. The Labute approximate surface area is 183 Å². The highest BCUT2D eigenvalue weighted by molar-refractivity contribution is 6.32. The summed E-state index contributed by atoms with van der Waals surface area (Å²) in [6.07, 6.45) is 0. The van der Waals surface area contributed by atoms with Crippen LogP contribution in [0.5, 0.6) is 23.0 Å². The van der Waals surface area contributed by atoms with Gasteiger partial charge in [0.25, 0.3) is 0 Å². The van der Waals surface area contributed by atoms with Crippen LogP contribution >= 0.6 is 23.2 Å². The smallest absolute Gasteiger partial charge is 0.146 e. The predicted octanol–water partition coefficient (Wildman–Crippen LogP) is 7.47. The van der Waals surface area contributed by atoms with Gasteiger partial charge in [-0.3, -0.25) is 0 Å². The van der Waals surface area contributed by atoms with Gasteiger partial charge in [-0.1, -0.05) is 59.6 Å². The summed E-state index contributed by atoms with van der Waals surface area (Å²) < 4.78 is 12.1. The van der Waals surface area contributed by atoms with Gasteiger partial charge in [-0.15, -0.1) is 0 Å². The van der Waals surface area contributed by atoms with Crippen LogP contribution < -0.4 is 9.47 Å². The Bertz CT molecular complexity index is 1250. The molecule has 4 aromatic rings. The second-order valence-corrected chi connectivity index (χ2v) is 7.08. The van der Waals surface area contributed by atoms with Crippen LogP contribution in [0.15, 0.2) is 72.8 Å². The van der Waals surface area contributed by atoms with Crippen molar-refractivity contribution in [1.29, 1.82) is 10.5 Å². The molecule has 0 fully saturated rings. The van der Waals surface area contributed by atoms with Gasteiger partial charge in [0, 0.05) is 10.8 Å². The highest BCUT2D eigenvalue weighted by atomic mass is 35.5. The van der Waals surface area contributed by atoms with Crippen molar-refractivity contribution >= 4 is 34.0 Å². The van der Waals surface area contributed by atoms with Crippen LogP contribution in [0.2, 0.25) is 10.0 Å². The predicted molar refractivity (Wildman–Crippen MR) is 116 cm³/mol. The van der Waals surface area contributed by atoms with Gasteiger partial charge in [-0.25, -0.2) is 0 Å².